The van der Waals surface area contributed by atoms with Crippen molar-refractivity contribution in [2.45, 2.75) is 25.9 Å². The van der Waals surface area contributed by atoms with Crippen molar-refractivity contribution in [3.63, 3.8) is 0 Å². The van der Waals surface area contributed by atoms with E-state index < -0.39 is 0 Å². The molecular formula is C22H20N4O3S. The van der Waals surface area contributed by atoms with Crippen LogP contribution in [0.2, 0.25) is 0 Å². The molecule has 1 N–H and O–H groups in total. The SMILES string of the molecule is CC(=O)c1c(C)[nH]c(C(=O)CSc2nnc(-c3ccco3)n2-c2ccccc2)c1C. The first-order valence-electron chi connectivity index (χ1n) is 9.38. The Morgan fingerprint density at radius 1 is 1.10 bits per heavy atom. The number of aromatic nitrogens is 4. The van der Waals surface area contributed by atoms with Gasteiger partial charge in [-0.1, -0.05) is 30.0 Å². The zero-order valence-corrected chi connectivity index (χ0v) is 17.6. The molecule has 0 amide bonds. The first-order chi connectivity index (χ1) is 14.5. The van der Waals surface area contributed by atoms with E-state index in [1.807, 2.05) is 41.0 Å². The molecule has 8 heteroatoms. The third kappa shape index (κ3) is 3.61. The number of Topliss-reactive ketones (excluding diaryl/α,β-unsaturated/α-hetero) is 2. The van der Waals surface area contributed by atoms with Crippen LogP contribution in [0.15, 0.2) is 58.3 Å². The summed E-state index contributed by atoms with van der Waals surface area (Å²) in [5, 5.41) is 9.14. The molecule has 0 saturated heterocycles. The third-order valence-electron chi connectivity index (χ3n) is 4.79. The number of ketones is 2. The molecule has 7 nitrogen and oxygen atoms in total. The Morgan fingerprint density at radius 3 is 2.50 bits per heavy atom. The van der Waals surface area contributed by atoms with Crippen LogP contribution in [-0.2, 0) is 0 Å². The molecule has 152 valence electrons. The van der Waals surface area contributed by atoms with Crippen molar-refractivity contribution < 1.29 is 14.0 Å². The zero-order chi connectivity index (χ0) is 21.3. The van der Waals surface area contributed by atoms with E-state index in [-0.39, 0.29) is 17.3 Å². The van der Waals surface area contributed by atoms with E-state index in [1.165, 1.54) is 18.7 Å². The second-order valence-electron chi connectivity index (χ2n) is 6.85. The number of nitrogens with one attached hydrogen (secondary N) is 1. The van der Waals surface area contributed by atoms with E-state index >= 15 is 0 Å². The maximum Gasteiger partial charge on any atom is 0.205 e. The standard InChI is InChI=1S/C22H20N4O3S/c1-13-19(15(3)27)14(2)23-20(13)17(28)12-30-22-25-24-21(18-10-7-11-29-18)26(22)16-8-5-4-6-9-16/h4-11,23H,12H2,1-3H3. The third-order valence-corrected chi connectivity index (χ3v) is 5.72. The first kappa shape index (κ1) is 19.9. The van der Waals surface area contributed by atoms with Gasteiger partial charge in [0.25, 0.3) is 0 Å². The second-order valence-corrected chi connectivity index (χ2v) is 7.79. The lowest BCUT2D eigenvalue weighted by molar-refractivity contribution is 0.101. The van der Waals surface area contributed by atoms with Crippen molar-refractivity contribution in [1.29, 1.82) is 0 Å². The van der Waals surface area contributed by atoms with Crippen molar-refractivity contribution in [2.75, 3.05) is 5.75 Å². The molecule has 3 aromatic heterocycles. The fourth-order valence-corrected chi connectivity index (χ4v) is 4.32. The molecule has 30 heavy (non-hydrogen) atoms. The summed E-state index contributed by atoms with van der Waals surface area (Å²) in [5.74, 6) is 1.15. The molecule has 3 heterocycles. The molecule has 0 spiro atoms. The van der Waals surface area contributed by atoms with Gasteiger partial charge in [0, 0.05) is 16.9 Å². The Bertz CT molecular complexity index is 1210. The summed E-state index contributed by atoms with van der Waals surface area (Å²) in [6.07, 6.45) is 1.58. The second kappa shape index (κ2) is 8.16. The van der Waals surface area contributed by atoms with Gasteiger partial charge in [-0.2, -0.15) is 0 Å². The highest BCUT2D eigenvalue weighted by atomic mass is 32.2. The smallest absolute Gasteiger partial charge is 0.205 e. The van der Waals surface area contributed by atoms with Crippen LogP contribution in [-0.4, -0.2) is 37.1 Å². The molecule has 0 saturated carbocycles. The van der Waals surface area contributed by atoms with Gasteiger partial charge in [0.2, 0.25) is 5.82 Å². The van der Waals surface area contributed by atoms with E-state index in [9.17, 15) is 9.59 Å². The summed E-state index contributed by atoms with van der Waals surface area (Å²) in [4.78, 5) is 27.8. The highest BCUT2D eigenvalue weighted by Gasteiger charge is 2.22. The van der Waals surface area contributed by atoms with E-state index in [2.05, 4.69) is 15.2 Å². The van der Waals surface area contributed by atoms with Crippen LogP contribution >= 0.6 is 11.8 Å². The predicted molar refractivity (Wildman–Crippen MR) is 114 cm³/mol. The van der Waals surface area contributed by atoms with Gasteiger partial charge in [-0.25, -0.2) is 0 Å². The monoisotopic (exact) mass is 420 g/mol. The van der Waals surface area contributed by atoms with Gasteiger partial charge in [0.1, 0.15) is 0 Å². The number of rotatable bonds is 7. The highest BCUT2D eigenvalue weighted by molar-refractivity contribution is 7.99. The number of carbonyl (C=O) groups excluding carboxylic acids is 2. The number of nitrogens with zero attached hydrogens (tertiary/aromatic N) is 3. The average molecular weight is 420 g/mol. The molecule has 1 aromatic carbocycles. The van der Waals surface area contributed by atoms with Gasteiger partial charge in [-0.3, -0.25) is 14.2 Å². The minimum atomic E-state index is -0.102. The van der Waals surface area contributed by atoms with Gasteiger partial charge in [-0.05, 0) is 50.6 Å². The molecule has 0 aliphatic heterocycles. The fourth-order valence-electron chi connectivity index (χ4n) is 3.50. The quantitative estimate of drug-likeness (QED) is 0.345. The Hall–Kier alpha value is -3.39. The molecule has 0 fully saturated rings. The number of para-hydroxylation sites is 1. The van der Waals surface area contributed by atoms with Crippen molar-refractivity contribution in [2.24, 2.45) is 0 Å². The van der Waals surface area contributed by atoms with Crippen LogP contribution in [0.25, 0.3) is 17.3 Å². The lowest BCUT2D eigenvalue weighted by atomic mass is 10.1. The highest BCUT2D eigenvalue weighted by Crippen LogP contribution is 2.29. The van der Waals surface area contributed by atoms with Gasteiger partial charge in [-0.15, -0.1) is 10.2 Å². The number of benzene rings is 1. The number of hydrogen-bond acceptors (Lipinski definition) is 6. The van der Waals surface area contributed by atoms with Crippen molar-refractivity contribution in [3.05, 3.63) is 71.2 Å². The molecule has 0 aliphatic rings. The number of carbonyl (C=O) groups is 2. The minimum Gasteiger partial charge on any atom is -0.461 e. The number of thioether (sulfide) groups is 1. The maximum absolute atomic E-state index is 12.9. The van der Waals surface area contributed by atoms with Gasteiger partial charge < -0.3 is 9.40 Å². The predicted octanol–water partition coefficient (Wildman–Crippen LogP) is 4.65. The average Bonchev–Trinajstić information content (AvgIpc) is 3.45. The molecule has 4 aromatic rings. The van der Waals surface area contributed by atoms with Crippen LogP contribution in [0.1, 0.15) is 39.0 Å². The van der Waals surface area contributed by atoms with E-state index in [4.69, 9.17) is 4.42 Å². The molecule has 0 radical (unpaired) electrons. The Labute approximate surface area is 177 Å². The number of aryl methyl sites for hydroxylation is 1. The van der Waals surface area contributed by atoms with Crippen molar-refractivity contribution in [3.8, 4) is 17.3 Å². The summed E-state index contributed by atoms with van der Waals surface area (Å²) in [5.41, 5.74) is 3.31. The fraction of sp³-hybridized carbons (Fsp3) is 0.182. The summed E-state index contributed by atoms with van der Waals surface area (Å²) >= 11 is 1.29. The molecule has 0 bridgehead atoms. The first-order valence-corrected chi connectivity index (χ1v) is 10.4. The largest absolute Gasteiger partial charge is 0.461 e. The lowest BCUT2D eigenvalue weighted by Crippen LogP contribution is -2.07. The Kier molecular flexibility index (Phi) is 5.41. The number of aromatic amines is 1. The van der Waals surface area contributed by atoms with Crippen LogP contribution in [0, 0.1) is 13.8 Å². The molecule has 0 unspecified atom stereocenters. The molecule has 0 aliphatic carbocycles. The van der Waals surface area contributed by atoms with Gasteiger partial charge >= 0.3 is 0 Å². The van der Waals surface area contributed by atoms with E-state index in [1.54, 1.807) is 26.2 Å². The number of H-pyrrole nitrogens is 1. The minimum absolute atomic E-state index is 0.0557. The van der Waals surface area contributed by atoms with E-state index in [0.717, 1.165) is 5.69 Å². The Morgan fingerprint density at radius 2 is 1.87 bits per heavy atom. The van der Waals surface area contributed by atoms with Crippen molar-refractivity contribution >= 4 is 23.3 Å². The van der Waals surface area contributed by atoms with Gasteiger partial charge in [0.15, 0.2) is 22.5 Å². The summed E-state index contributed by atoms with van der Waals surface area (Å²) < 4.78 is 7.37. The normalized spacial score (nSPS) is 11.0. The van der Waals surface area contributed by atoms with Crippen LogP contribution in [0.3, 0.4) is 0 Å². The summed E-state index contributed by atoms with van der Waals surface area (Å²) in [6, 6.07) is 13.3. The van der Waals surface area contributed by atoms with Crippen LogP contribution < -0.4 is 0 Å². The lowest BCUT2D eigenvalue weighted by Gasteiger charge is -2.08. The number of furan rings is 1. The van der Waals surface area contributed by atoms with Crippen LogP contribution in [0.5, 0.6) is 0 Å². The topological polar surface area (TPSA) is 93.8 Å². The summed E-state index contributed by atoms with van der Waals surface area (Å²) in [7, 11) is 0. The van der Waals surface area contributed by atoms with Crippen molar-refractivity contribution in [1.82, 2.24) is 19.7 Å². The zero-order valence-electron chi connectivity index (χ0n) is 16.8. The maximum atomic E-state index is 12.9. The molecule has 4 rings (SSSR count). The van der Waals surface area contributed by atoms with E-state index in [0.29, 0.717) is 39.3 Å². The van der Waals surface area contributed by atoms with Crippen LogP contribution in [0.4, 0.5) is 0 Å². The molecule has 0 atom stereocenters. The number of hydrogen-bond donors (Lipinski definition) is 1. The molecular weight excluding hydrogens is 400 g/mol. The van der Waals surface area contributed by atoms with Gasteiger partial charge in [0.05, 0.1) is 17.7 Å². The summed E-state index contributed by atoms with van der Waals surface area (Å²) in [6.45, 7) is 5.10. The Balaban J connectivity index is 1.64.